The minimum absolute atomic E-state index is 0.0127. The molecule has 0 bridgehead atoms. The van der Waals surface area contributed by atoms with Gasteiger partial charge in [0.25, 0.3) is 0 Å². The maximum absolute atomic E-state index is 12.2. The molecule has 3 aromatic rings. The Kier molecular flexibility index (Phi) is 3.90. The lowest BCUT2D eigenvalue weighted by Gasteiger charge is -2.10. The summed E-state index contributed by atoms with van der Waals surface area (Å²) in [6, 6.07) is 12.1. The minimum atomic E-state index is -0.0867. The molecule has 0 atom stereocenters. The smallest absolute Gasteiger partial charge is 0.228 e. The standard InChI is InChI=1S/C19H21N3O/c1-12(2)19(23)21-18-17(15-10-13(3)9-14(4)11-15)20-16-7-5-6-8-22(16)18/h5-12H,1-4H3,(H,21,23). The molecule has 4 nitrogen and oxygen atoms in total. The third kappa shape index (κ3) is 2.97. The number of imidazole rings is 1. The number of carbonyl (C=O) groups excluding carboxylic acids is 1. The van der Waals surface area contributed by atoms with Crippen molar-refractivity contribution >= 4 is 17.4 Å². The van der Waals surface area contributed by atoms with E-state index in [9.17, 15) is 4.79 Å². The van der Waals surface area contributed by atoms with Gasteiger partial charge in [-0.2, -0.15) is 0 Å². The van der Waals surface area contributed by atoms with Crippen molar-refractivity contribution in [1.29, 1.82) is 0 Å². The normalized spacial score (nSPS) is 11.2. The number of pyridine rings is 1. The zero-order valence-electron chi connectivity index (χ0n) is 13.9. The maximum atomic E-state index is 12.2. The van der Waals surface area contributed by atoms with Crippen molar-refractivity contribution in [2.75, 3.05) is 5.32 Å². The van der Waals surface area contributed by atoms with Gasteiger partial charge in [0, 0.05) is 17.7 Å². The average Bonchev–Trinajstić information content (AvgIpc) is 2.85. The second kappa shape index (κ2) is 5.88. The van der Waals surface area contributed by atoms with E-state index in [0.717, 1.165) is 22.7 Å². The van der Waals surface area contributed by atoms with Gasteiger partial charge in [0.15, 0.2) is 0 Å². The largest absolute Gasteiger partial charge is 0.310 e. The Bertz CT molecular complexity index is 857. The Morgan fingerprint density at radius 2 is 1.83 bits per heavy atom. The van der Waals surface area contributed by atoms with E-state index < -0.39 is 0 Å². The predicted octanol–water partition coefficient (Wildman–Crippen LogP) is 4.21. The van der Waals surface area contributed by atoms with Crippen LogP contribution in [0.15, 0.2) is 42.6 Å². The average molecular weight is 307 g/mol. The number of hydrogen-bond acceptors (Lipinski definition) is 2. The first-order chi connectivity index (χ1) is 11.0. The van der Waals surface area contributed by atoms with Crippen LogP contribution in [0.5, 0.6) is 0 Å². The number of carbonyl (C=O) groups is 1. The number of aromatic nitrogens is 2. The zero-order chi connectivity index (χ0) is 16.6. The molecule has 4 heteroatoms. The number of benzene rings is 1. The topological polar surface area (TPSA) is 46.4 Å². The van der Waals surface area contributed by atoms with E-state index in [1.807, 2.05) is 42.6 Å². The van der Waals surface area contributed by atoms with Crippen LogP contribution in [0, 0.1) is 19.8 Å². The van der Waals surface area contributed by atoms with Crippen molar-refractivity contribution in [3.63, 3.8) is 0 Å². The van der Waals surface area contributed by atoms with Gasteiger partial charge in [-0.15, -0.1) is 0 Å². The third-order valence-electron chi connectivity index (χ3n) is 3.79. The van der Waals surface area contributed by atoms with Crippen molar-refractivity contribution in [3.8, 4) is 11.3 Å². The van der Waals surface area contributed by atoms with Gasteiger partial charge in [0.1, 0.15) is 17.2 Å². The molecule has 0 unspecified atom stereocenters. The summed E-state index contributed by atoms with van der Waals surface area (Å²) in [6.07, 6.45) is 1.92. The number of anilines is 1. The number of nitrogens with one attached hydrogen (secondary N) is 1. The van der Waals surface area contributed by atoms with Crippen molar-refractivity contribution in [1.82, 2.24) is 9.38 Å². The van der Waals surface area contributed by atoms with Crippen LogP contribution < -0.4 is 5.32 Å². The van der Waals surface area contributed by atoms with Gasteiger partial charge in [-0.25, -0.2) is 4.98 Å². The molecule has 0 aliphatic carbocycles. The number of hydrogen-bond donors (Lipinski definition) is 1. The van der Waals surface area contributed by atoms with E-state index in [1.165, 1.54) is 11.1 Å². The van der Waals surface area contributed by atoms with Crippen molar-refractivity contribution in [2.24, 2.45) is 5.92 Å². The van der Waals surface area contributed by atoms with Crippen LogP contribution in [0.3, 0.4) is 0 Å². The van der Waals surface area contributed by atoms with Gasteiger partial charge < -0.3 is 5.32 Å². The number of aryl methyl sites for hydroxylation is 2. The number of amides is 1. The Labute approximate surface area is 136 Å². The third-order valence-corrected chi connectivity index (χ3v) is 3.79. The second-order valence-corrected chi connectivity index (χ2v) is 6.26. The van der Waals surface area contributed by atoms with E-state index in [4.69, 9.17) is 4.98 Å². The number of fused-ring (bicyclic) bond motifs is 1. The lowest BCUT2D eigenvalue weighted by Crippen LogP contribution is -2.19. The Hall–Kier alpha value is -2.62. The van der Waals surface area contributed by atoms with E-state index in [1.54, 1.807) is 0 Å². The lowest BCUT2D eigenvalue weighted by molar-refractivity contribution is -0.118. The molecule has 0 saturated heterocycles. The maximum Gasteiger partial charge on any atom is 0.228 e. The lowest BCUT2D eigenvalue weighted by atomic mass is 10.0. The summed E-state index contributed by atoms with van der Waals surface area (Å²) in [4.78, 5) is 16.9. The molecule has 0 saturated carbocycles. The summed E-state index contributed by atoms with van der Waals surface area (Å²) in [6.45, 7) is 7.90. The van der Waals surface area contributed by atoms with Crippen LogP contribution in [0.2, 0.25) is 0 Å². The quantitative estimate of drug-likeness (QED) is 0.787. The van der Waals surface area contributed by atoms with Crippen LogP contribution in [-0.2, 0) is 4.79 Å². The molecule has 0 spiro atoms. The van der Waals surface area contributed by atoms with Gasteiger partial charge >= 0.3 is 0 Å². The molecule has 2 aromatic heterocycles. The summed E-state index contributed by atoms with van der Waals surface area (Å²) in [5, 5.41) is 3.03. The molecule has 118 valence electrons. The van der Waals surface area contributed by atoms with Gasteiger partial charge in [-0.1, -0.05) is 37.1 Å². The summed E-state index contributed by atoms with van der Waals surface area (Å²) in [5.74, 6) is 0.627. The molecule has 0 aliphatic rings. The summed E-state index contributed by atoms with van der Waals surface area (Å²) >= 11 is 0. The molecule has 1 aromatic carbocycles. The first kappa shape index (κ1) is 15.3. The van der Waals surface area contributed by atoms with Crippen LogP contribution in [0.1, 0.15) is 25.0 Å². The summed E-state index contributed by atoms with van der Waals surface area (Å²) < 4.78 is 1.92. The van der Waals surface area contributed by atoms with Gasteiger partial charge in [-0.3, -0.25) is 9.20 Å². The molecule has 1 amide bonds. The van der Waals surface area contributed by atoms with E-state index in [2.05, 4.69) is 37.4 Å². The SMILES string of the molecule is Cc1cc(C)cc(-c2nc3ccccn3c2NC(=O)C(C)C)c1. The fraction of sp³-hybridized carbons (Fsp3) is 0.263. The second-order valence-electron chi connectivity index (χ2n) is 6.26. The van der Waals surface area contributed by atoms with Crippen LogP contribution >= 0.6 is 0 Å². The van der Waals surface area contributed by atoms with Crippen LogP contribution in [0.4, 0.5) is 5.82 Å². The fourth-order valence-electron chi connectivity index (χ4n) is 2.69. The monoisotopic (exact) mass is 307 g/mol. The van der Waals surface area contributed by atoms with Crippen molar-refractivity contribution < 1.29 is 4.79 Å². The summed E-state index contributed by atoms with van der Waals surface area (Å²) in [5.41, 5.74) is 5.00. The molecule has 23 heavy (non-hydrogen) atoms. The molecule has 0 aliphatic heterocycles. The molecule has 3 rings (SSSR count). The highest BCUT2D eigenvalue weighted by Crippen LogP contribution is 2.30. The predicted molar refractivity (Wildman–Crippen MR) is 93.6 cm³/mol. The molecule has 0 fully saturated rings. The summed E-state index contributed by atoms with van der Waals surface area (Å²) in [7, 11) is 0. The highest BCUT2D eigenvalue weighted by atomic mass is 16.1. The first-order valence-electron chi connectivity index (χ1n) is 7.82. The van der Waals surface area contributed by atoms with E-state index >= 15 is 0 Å². The van der Waals surface area contributed by atoms with Gasteiger partial charge in [-0.05, 0) is 38.1 Å². The molecular weight excluding hydrogens is 286 g/mol. The number of rotatable bonds is 3. The Morgan fingerprint density at radius 1 is 1.13 bits per heavy atom. The minimum Gasteiger partial charge on any atom is -0.310 e. The van der Waals surface area contributed by atoms with Gasteiger partial charge in [0.05, 0.1) is 0 Å². The Balaban J connectivity index is 2.21. The molecular formula is C19H21N3O. The fourth-order valence-corrected chi connectivity index (χ4v) is 2.69. The van der Waals surface area contributed by atoms with Crippen LogP contribution in [-0.4, -0.2) is 15.3 Å². The zero-order valence-corrected chi connectivity index (χ0v) is 13.9. The van der Waals surface area contributed by atoms with E-state index in [-0.39, 0.29) is 11.8 Å². The van der Waals surface area contributed by atoms with Crippen molar-refractivity contribution in [3.05, 3.63) is 53.7 Å². The number of nitrogens with zero attached hydrogens (tertiary/aromatic N) is 2. The van der Waals surface area contributed by atoms with Crippen molar-refractivity contribution in [2.45, 2.75) is 27.7 Å². The first-order valence-corrected chi connectivity index (χ1v) is 7.82. The highest BCUT2D eigenvalue weighted by molar-refractivity contribution is 5.95. The van der Waals surface area contributed by atoms with Gasteiger partial charge in [0.2, 0.25) is 5.91 Å². The molecule has 1 N–H and O–H groups in total. The Morgan fingerprint density at radius 3 is 2.48 bits per heavy atom. The highest BCUT2D eigenvalue weighted by Gasteiger charge is 2.18. The molecule has 0 radical (unpaired) electrons. The molecule has 2 heterocycles. The van der Waals surface area contributed by atoms with E-state index in [0.29, 0.717) is 0 Å². The van der Waals surface area contributed by atoms with Crippen LogP contribution in [0.25, 0.3) is 16.9 Å².